The van der Waals surface area contributed by atoms with E-state index in [2.05, 4.69) is 4.40 Å². The number of hydrogen-bond donors (Lipinski definition) is 1. The van der Waals surface area contributed by atoms with E-state index in [4.69, 9.17) is 45.3 Å². The Kier molecular flexibility index (Phi) is 7.86. The fraction of sp³-hybridized carbons (Fsp3) is 0.0690. The van der Waals surface area contributed by atoms with Crippen molar-refractivity contribution in [3.05, 3.63) is 135 Å². The second-order valence-corrected chi connectivity index (χ2v) is 11.7. The Morgan fingerprint density at radius 1 is 0.795 bits per heavy atom. The minimum atomic E-state index is -4.21. The molecule has 6 nitrogen and oxygen atoms in total. The second-order valence-electron chi connectivity index (χ2n) is 8.76. The predicted molar refractivity (Wildman–Crippen MR) is 158 cm³/mol. The lowest BCUT2D eigenvalue weighted by molar-refractivity contribution is 0.480. The molecule has 1 heterocycles. The molecule has 10 heteroatoms. The summed E-state index contributed by atoms with van der Waals surface area (Å²) in [5.74, 6) is -0.328. The van der Waals surface area contributed by atoms with Crippen LogP contribution in [0.15, 0.2) is 118 Å². The van der Waals surface area contributed by atoms with Gasteiger partial charge in [-0.1, -0.05) is 89.4 Å². The number of rotatable bonds is 6. The maximum atomic E-state index is 13.4. The Morgan fingerprint density at radius 2 is 1.33 bits per heavy atom. The van der Waals surface area contributed by atoms with E-state index < -0.39 is 10.0 Å². The summed E-state index contributed by atoms with van der Waals surface area (Å²) in [6.07, 6.45) is 0. The Balaban J connectivity index is 1.64. The monoisotopic (exact) mass is 594 g/mol. The summed E-state index contributed by atoms with van der Waals surface area (Å²) in [6.45, 7) is 0.271. The fourth-order valence-corrected chi connectivity index (χ4v) is 5.58. The van der Waals surface area contributed by atoms with E-state index in [0.717, 1.165) is 11.1 Å². The maximum absolute atomic E-state index is 13.4. The van der Waals surface area contributed by atoms with E-state index in [9.17, 15) is 8.42 Å². The normalized spacial score (nSPS) is 15.8. The number of sulfonamides is 1. The SMILES string of the molecule is N=C(/C(=N\S(=O)(=O)c1ccc(Cl)cc1)N1CC(c2ccccc2)C(c2ccc(Cl)cc2)=N1)c1ccc(Cl)cc1. The number of benzene rings is 4. The van der Waals surface area contributed by atoms with Crippen molar-refractivity contribution >= 4 is 62.1 Å². The smallest absolute Gasteiger partial charge is 0.284 e. The highest BCUT2D eigenvalue weighted by Gasteiger charge is 2.34. The molecule has 196 valence electrons. The Morgan fingerprint density at radius 3 is 1.92 bits per heavy atom. The molecule has 0 saturated heterocycles. The van der Waals surface area contributed by atoms with Crippen molar-refractivity contribution in [1.29, 1.82) is 5.41 Å². The lowest BCUT2D eigenvalue weighted by Crippen LogP contribution is -2.33. The molecule has 4 aromatic carbocycles. The highest BCUT2D eigenvalue weighted by Crippen LogP contribution is 2.31. The molecule has 0 aromatic heterocycles. The topological polar surface area (TPSA) is 85.9 Å². The van der Waals surface area contributed by atoms with Crippen molar-refractivity contribution in [2.24, 2.45) is 9.50 Å². The van der Waals surface area contributed by atoms with Crippen molar-refractivity contribution < 1.29 is 8.42 Å². The van der Waals surface area contributed by atoms with Gasteiger partial charge >= 0.3 is 0 Å². The average Bonchev–Trinajstić information content (AvgIpc) is 3.38. The van der Waals surface area contributed by atoms with Gasteiger partial charge in [-0.05, 0) is 59.7 Å². The van der Waals surface area contributed by atoms with Crippen LogP contribution in [0.1, 0.15) is 22.6 Å². The number of nitrogens with zero attached hydrogens (tertiary/aromatic N) is 3. The van der Waals surface area contributed by atoms with Gasteiger partial charge in [0.15, 0.2) is 5.84 Å². The molecule has 5 rings (SSSR count). The maximum Gasteiger partial charge on any atom is 0.284 e. The van der Waals surface area contributed by atoms with Gasteiger partial charge in [-0.3, -0.25) is 5.41 Å². The largest absolute Gasteiger partial charge is 0.296 e. The molecule has 1 aliphatic heterocycles. The first-order valence-electron chi connectivity index (χ1n) is 11.8. The lowest BCUT2D eigenvalue weighted by atomic mass is 9.90. The summed E-state index contributed by atoms with van der Waals surface area (Å²) in [6, 6.07) is 29.3. The first kappa shape index (κ1) is 27.1. The molecule has 1 N–H and O–H groups in total. The van der Waals surface area contributed by atoms with Crippen LogP contribution < -0.4 is 0 Å². The molecule has 0 spiro atoms. The molecule has 0 saturated carbocycles. The van der Waals surface area contributed by atoms with Gasteiger partial charge in [-0.15, -0.1) is 4.40 Å². The number of hydrazone groups is 1. The predicted octanol–water partition coefficient (Wildman–Crippen LogP) is 7.31. The van der Waals surface area contributed by atoms with Crippen molar-refractivity contribution in [3.63, 3.8) is 0 Å². The first-order valence-corrected chi connectivity index (χ1v) is 14.4. The third kappa shape index (κ3) is 6.07. The average molecular weight is 596 g/mol. The van der Waals surface area contributed by atoms with Crippen LogP contribution in [0.3, 0.4) is 0 Å². The van der Waals surface area contributed by atoms with Gasteiger partial charge in [-0.2, -0.15) is 13.5 Å². The van der Waals surface area contributed by atoms with E-state index in [1.807, 2.05) is 42.5 Å². The highest BCUT2D eigenvalue weighted by atomic mass is 35.5. The fourth-order valence-electron chi connectivity index (χ4n) is 4.20. The van der Waals surface area contributed by atoms with Gasteiger partial charge in [0.2, 0.25) is 0 Å². The van der Waals surface area contributed by atoms with E-state index in [1.54, 1.807) is 36.4 Å². The van der Waals surface area contributed by atoms with Crippen molar-refractivity contribution in [2.75, 3.05) is 6.54 Å². The van der Waals surface area contributed by atoms with Crippen LogP contribution in [-0.2, 0) is 10.0 Å². The zero-order valence-electron chi connectivity index (χ0n) is 20.3. The van der Waals surface area contributed by atoms with Crippen molar-refractivity contribution in [1.82, 2.24) is 5.01 Å². The zero-order valence-corrected chi connectivity index (χ0v) is 23.4. The standard InChI is InChI=1S/C29H21Cl3N4O2S/c30-22-10-6-20(7-11-22)27(33)29(35-39(37,38)25-16-14-24(32)15-17-25)36-18-26(19-4-2-1-3-5-19)28(34-36)21-8-12-23(31)13-9-21/h1-17,26,33H,18H2/b33-27?,35-29+. The van der Waals surface area contributed by atoms with E-state index in [-0.39, 0.29) is 28.9 Å². The second kappa shape index (κ2) is 11.3. The van der Waals surface area contributed by atoms with Crippen LogP contribution in [0.5, 0.6) is 0 Å². The van der Waals surface area contributed by atoms with Crippen LogP contribution in [0.25, 0.3) is 0 Å². The van der Waals surface area contributed by atoms with Crippen LogP contribution >= 0.6 is 34.8 Å². The zero-order chi connectivity index (χ0) is 27.6. The third-order valence-electron chi connectivity index (χ3n) is 6.18. The molecule has 4 aromatic rings. The number of halogens is 3. The van der Waals surface area contributed by atoms with Crippen LogP contribution in [-0.4, -0.2) is 37.2 Å². The Bertz CT molecular complexity index is 1670. The van der Waals surface area contributed by atoms with Gasteiger partial charge in [0.05, 0.1) is 17.2 Å². The molecule has 0 bridgehead atoms. The van der Waals surface area contributed by atoms with Gasteiger partial charge < -0.3 is 0 Å². The highest BCUT2D eigenvalue weighted by molar-refractivity contribution is 7.90. The molecule has 0 fully saturated rings. The Hall–Kier alpha value is -3.49. The summed E-state index contributed by atoms with van der Waals surface area (Å²) in [7, 11) is -4.21. The molecule has 0 radical (unpaired) electrons. The lowest BCUT2D eigenvalue weighted by Gasteiger charge is -2.19. The molecule has 0 amide bonds. The van der Waals surface area contributed by atoms with Crippen LogP contribution in [0.4, 0.5) is 0 Å². The van der Waals surface area contributed by atoms with Crippen molar-refractivity contribution in [2.45, 2.75) is 10.8 Å². The van der Waals surface area contributed by atoms with Gasteiger partial charge in [0, 0.05) is 26.5 Å². The van der Waals surface area contributed by atoms with Gasteiger partial charge in [-0.25, -0.2) is 5.01 Å². The molecule has 1 unspecified atom stereocenters. The van der Waals surface area contributed by atoms with Crippen molar-refractivity contribution in [3.8, 4) is 0 Å². The van der Waals surface area contributed by atoms with E-state index in [0.29, 0.717) is 26.3 Å². The molecular weight excluding hydrogens is 575 g/mol. The third-order valence-corrected chi connectivity index (χ3v) is 8.21. The molecule has 39 heavy (non-hydrogen) atoms. The van der Waals surface area contributed by atoms with E-state index in [1.165, 1.54) is 29.3 Å². The minimum absolute atomic E-state index is 0.0472. The molecule has 1 atom stereocenters. The van der Waals surface area contributed by atoms with Gasteiger partial charge in [0.25, 0.3) is 10.0 Å². The number of nitrogens with one attached hydrogen (secondary N) is 1. The van der Waals surface area contributed by atoms with Crippen LogP contribution in [0, 0.1) is 5.41 Å². The first-order chi connectivity index (χ1) is 18.7. The summed E-state index contributed by atoms with van der Waals surface area (Å²) in [5, 5.41) is 16.8. The summed E-state index contributed by atoms with van der Waals surface area (Å²) < 4.78 is 31.0. The Labute approximate surface area is 241 Å². The summed E-state index contributed by atoms with van der Waals surface area (Å²) in [4.78, 5) is -0.0472. The molecular formula is C29H21Cl3N4O2S. The van der Waals surface area contributed by atoms with E-state index >= 15 is 0 Å². The quantitative estimate of drug-likeness (QED) is 0.187. The summed E-state index contributed by atoms with van der Waals surface area (Å²) in [5.41, 5.74) is 2.85. The van der Waals surface area contributed by atoms with Crippen LogP contribution in [0.2, 0.25) is 15.1 Å². The minimum Gasteiger partial charge on any atom is -0.296 e. The molecule has 0 aliphatic carbocycles. The van der Waals surface area contributed by atoms with Gasteiger partial charge in [0.1, 0.15) is 5.71 Å². The number of hydrogen-bond acceptors (Lipinski definition) is 4. The number of amidine groups is 1. The summed E-state index contributed by atoms with van der Waals surface area (Å²) >= 11 is 18.2. The molecule has 1 aliphatic rings.